The van der Waals surface area contributed by atoms with Gasteiger partial charge in [-0.2, -0.15) is 0 Å². The minimum absolute atomic E-state index is 0.208. The molecule has 104 valence electrons. The molecule has 0 bridgehead atoms. The first-order valence-corrected chi connectivity index (χ1v) is 6.71. The van der Waals surface area contributed by atoms with E-state index < -0.39 is 17.3 Å². The molecule has 1 rings (SSSR count). The van der Waals surface area contributed by atoms with Gasteiger partial charge >= 0.3 is 5.97 Å². The zero-order valence-corrected chi connectivity index (χ0v) is 12.1. The predicted octanol–water partition coefficient (Wildman–Crippen LogP) is 1.98. The average Bonchev–Trinajstić information content (AvgIpc) is 2.90. The molecule has 1 saturated carbocycles. The molecule has 0 heterocycles. The van der Waals surface area contributed by atoms with E-state index in [0.29, 0.717) is 25.0 Å². The van der Waals surface area contributed by atoms with Crippen LogP contribution in [0.3, 0.4) is 0 Å². The van der Waals surface area contributed by atoms with Gasteiger partial charge in [0.25, 0.3) is 0 Å². The smallest absolute Gasteiger partial charge is 0.319 e. The van der Waals surface area contributed by atoms with Gasteiger partial charge < -0.3 is 10.1 Å². The van der Waals surface area contributed by atoms with Crippen LogP contribution in [-0.2, 0) is 14.3 Å². The molecular weight excluding hydrogens is 230 g/mol. The zero-order chi connectivity index (χ0) is 13.9. The normalized spacial score (nSPS) is 24.3. The van der Waals surface area contributed by atoms with Crippen molar-refractivity contribution in [3.05, 3.63) is 0 Å². The molecule has 0 aromatic rings. The van der Waals surface area contributed by atoms with Gasteiger partial charge in [-0.25, -0.2) is 0 Å². The lowest BCUT2D eigenvalue weighted by Gasteiger charge is -2.27. The maximum absolute atomic E-state index is 12.1. The molecule has 1 amide bonds. The summed E-state index contributed by atoms with van der Waals surface area (Å²) in [5.74, 6) is -0.0874. The van der Waals surface area contributed by atoms with E-state index in [2.05, 4.69) is 12.2 Å². The molecule has 4 nitrogen and oxygen atoms in total. The van der Waals surface area contributed by atoms with Gasteiger partial charge in [-0.05, 0) is 30.6 Å². The Hall–Kier alpha value is -1.06. The fourth-order valence-corrected chi connectivity index (χ4v) is 2.10. The topological polar surface area (TPSA) is 55.4 Å². The lowest BCUT2D eigenvalue weighted by atomic mass is 9.80. The molecular formula is C14H25NO3. The quantitative estimate of drug-likeness (QED) is 0.603. The number of hydrogen-bond acceptors (Lipinski definition) is 3. The van der Waals surface area contributed by atoms with E-state index in [9.17, 15) is 9.59 Å². The van der Waals surface area contributed by atoms with Gasteiger partial charge in [0.05, 0.1) is 6.61 Å². The highest BCUT2D eigenvalue weighted by Crippen LogP contribution is 2.37. The lowest BCUT2D eigenvalue weighted by Crippen LogP contribution is -2.44. The molecule has 1 N–H and O–H groups in total. The number of esters is 1. The maximum Gasteiger partial charge on any atom is 0.319 e. The van der Waals surface area contributed by atoms with Gasteiger partial charge in [-0.15, -0.1) is 0 Å². The highest BCUT2D eigenvalue weighted by Gasteiger charge is 2.40. The highest BCUT2D eigenvalue weighted by atomic mass is 16.5. The molecule has 3 unspecified atom stereocenters. The summed E-state index contributed by atoms with van der Waals surface area (Å²) in [7, 11) is 0. The van der Waals surface area contributed by atoms with Crippen LogP contribution in [-0.4, -0.2) is 25.0 Å². The fourth-order valence-electron chi connectivity index (χ4n) is 2.10. The third-order valence-corrected chi connectivity index (χ3v) is 3.47. The van der Waals surface area contributed by atoms with Crippen molar-refractivity contribution in [3.8, 4) is 0 Å². The van der Waals surface area contributed by atoms with E-state index in [-0.39, 0.29) is 5.91 Å². The molecule has 0 spiro atoms. The Labute approximate surface area is 109 Å². The number of carbonyl (C=O) groups is 2. The van der Waals surface area contributed by atoms with Crippen LogP contribution in [0.5, 0.6) is 0 Å². The monoisotopic (exact) mass is 255 g/mol. The van der Waals surface area contributed by atoms with E-state index in [1.54, 1.807) is 6.92 Å². The summed E-state index contributed by atoms with van der Waals surface area (Å²) >= 11 is 0. The van der Waals surface area contributed by atoms with Crippen LogP contribution in [0.25, 0.3) is 0 Å². The molecule has 0 aromatic carbocycles. The Morgan fingerprint density at radius 1 is 1.39 bits per heavy atom. The highest BCUT2D eigenvalue weighted by molar-refractivity contribution is 5.98. The molecule has 0 aromatic heterocycles. The Bertz CT molecular complexity index is 319. The number of amides is 1. The Morgan fingerprint density at radius 2 is 1.94 bits per heavy atom. The first-order chi connectivity index (χ1) is 8.27. The van der Waals surface area contributed by atoms with E-state index >= 15 is 0 Å². The van der Waals surface area contributed by atoms with Crippen LogP contribution in [0.4, 0.5) is 0 Å². The van der Waals surface area contributed by atoms with Crippen LogP contribution >= 0.6 is 0 Å². The average molecular weight is 255 g/mol. The summed E-state index contributed by atoms with van der Waals surface area (Å²) in [6, 6.07) is 0. The third-order valence-electron chi connectivity index (χ3n) is 3.47. The first-order valence-electron chi connectivity index (χ1n) is 6.71. The number of ether oxygens (including phenoxy) is 1. The molecule has 3 atom stereocenters. The van der Waals surface area contributed by atoms with Crippen LogP contribution in [0.2, 0.25) is 0 Å². The Balaban J connectivity index is 2.58. The SMILES string of the molecule is CCOC(=O)C(C(=O)NCC1CC1C)C(C)(C)C. The minimum Gasteiger partial charge on any atom is -0.465 e. The molecule has 0 saturated heterocycles. The number of nitrogens with one attached hydrogen (secondary N) is 1. The third kappa shape index (κ3) is 4.00. The molecule has 1 fully saturated rings. The van der Waals surface area contributed by atoms with E-state index in [0.717, 1.165) is 0 Å². The second kappa shape index (κ2) is 5.72. The largest absolute Gasteiger partial charge is 0.465 e. The minimum atomic E-state index is -0.730. The van der Waals surface area contributed by atoms with Crippen LogP contribution < -0.4 is 5.32 Å². The van der Waals surface area contributed by atoms with Gasteiger partial charge in [-0.3, -0.25) is 9.59 Å². The Morgan fingerprint density at radius 3 is 2.33 bits per heavy atom. The second-order valence-corrected chi connectivity index (χ2v) is 6.27. The van der Waals surface area contributed by atoms with Crippen molar-refractivity contribution in [3.63, 3.8) is 0 Å². The van der Waals surface area contributed by atoms with Gasteiger partial charge in [0.2, 0.25) is 5.91 Å². The van der Waals surface area contributed by atoms with Crippen molar-refractivity contribution in [2.24, 2.45) is 23.2 Å². The van der Waals surface area contributed by atoms with Gasteiger partial charge in [0.1, 0.15) is 5.92 Å². The van der Waals surface area contributed by atoms with Crippen molar-refractivity contribution in [1.82, 2.24) is 5.32 Å². The van der Waals surface area contributed by atoms with Gasteiger partial charge in [0, 0.05) is 6.54 Å². The Kier molecular flexibility index (Phi) is 4.77. The molecule has 1 aliphatic rings. The number of carbonyl (C=O) groups excluding carboxylic acids is 2. The van der Waals surface area contributed by atoms with Gasteiger partial charge in [-0.1, -0.05) is 27.7 Å². The van der Waals surface area contributed by atoms with Crippen LogP contribution in [0.1, 0.15) is 41.0 Å². The van der Waals surface area contributed by atoms with Crippen molar-refractivity contribution >= 4 is 11.9 Å². The summed E-state index contributed by atoms with van der Waals surface area (Å²) < 4.78 is 5.00. The van der Waals surface area contributed by atoms with Crippen molar-refractivity contribution in [2.45, 2.75) is 41.0 Å². The summed E-state index contributed by atoms with van der Waals surface area (Å²) in [6.45, 7) is 10.5. The van der Waals surface area contributed by atoms with E-state index in [1.807, 2.05) is 20.8 Å². The molecule has 4 heteroatoms. The van der Waals surface area contributed by atoms with Crippen molar-refractivity contribution in [1.29, 1.82) is 0 Å². The summed E-state index contributed by atoms with van der Waals surface area (Å²) in [5.41, 5.74) is -0.425. The molecule has 0 aliphatic heterocycles. The molecule has 1 aliphatic carbocycles. The summed E-state index contributed by atoms with van der Waals surface area (Å²) in [5, 5.41) is 2.88. The van der Waals surface area contributed by atoms with Crippen molar-refractivity contribution in [2.75, 3.05) is 13.2 Å². The van der Waals surface area contributed by atoms with Crippen LogP contribution in [0.15, 0.2) is 0 Å². The molecule has 18 heavy (non-hydrogen) atoms. The van der Waals surface area contributed by atoms with Crippen molar-refractivity contribution < 1.29 is 14.3 Å². The number of hydrogen-bond donors (Lipinski definition) is 1. The summed E-state index contributed by atoms with van der Waals surface area (Å²) in [6.07, 6.45) is 1.17. The van der Waals surface area contributed by atoms with Gasteiger partial charge in [0.15, 0.2) is 0 Å². The second-order valence-electron chi connectivity index (χ2n) is 6.27. The predicted molar refractivity (Wildman–Crippen MR) is 69.9 cm³/mol. The van der Waals surface area contributed by atoms with E-state index in [4.69, 9.17) is 4.74 Å². The van der Waals surface area contributed by atoms with E-state index in [1.165, 1.54) is 6.42 Å². The van der Waals surface area contributed by atoms with Crippen LogP contribution in [0, 0.1) is 23.2 Å². The maximum atomic E-state index is 12.1. The standard InChI is InChI=1S/C14H25NO3/c1-6-18-13(17)11(14(3,4)5)12(16)15-8-10-7-9(10)2/h9-11H,6-8H2,1-5H3,(H,15,16). The zero-order valence-electron chi connectivity index (χ0n) is 12.1. The number of rotatable bonds is 5. The first kappa shape index (κ1) is 15.0. The summed E-state index contributed by atoms with van der Waals surface area (Å²) in [4.78, 5) is 24.0. The molecule has 0 radical (unpaired) electrons. The fraction of sp³-hybridized carbons (Fsp3) is 0.857. The lowest BCUT2D eigenvalue weighted by molar-refractivity contribution is -0.156.